The molecule has 0 saturated carbocycles. The van der Waals surface area contributed by atoms with Crippen LogP contribution in [0.25, 0.3) is 0 Å². The summed E-state index contributed by atoms with van der Waals surface area (Å²) >= 11 is 1.33. The molecule has 2 heterocycles. The molecule has 0 unspecified atom stereocenters. The van der Waals surface area contributed by atoms with Gasteiger partial charge in [0.15, 0.2) is 0 Å². The topological polar surface area (TPSA) is 88.0 Å². The highest BCUT2D eigenvalue weighted by Crippen LogP contribution is 2.13. The molecule has 6 nitrogen and oxygen atoms in total. The summed E-state index contributed by atoms with van der Waals surface area (Å²) in [4.78, 5) is 18.9. The maximum atomic E-state index is 10.7. The van der Waals surface area contributed by atoms with Gasteiger partial charge in [-0.1, -0.05) is 13.0 Å². The van der Waals surface area contributed by atoms with Gasteiger partial charge in [-0.05, 0) is 18.1 Å². The fourth-order valence-electron chi connectivity index (χ4n) is 1.48. The van der Waals surface area contributed by atoms with E-state index in [2.05, 4.69) is 26.6 Å². The maximum absolute atomic E-state index is 10.7. The van der Waals surface area contributed by atoms with E-state index in [1.807, 2.05) is 0 Å². The van der Waals surface area contributed by atoms with Gasteiger partial charge < -0.3 is 10.4 Å². The second kappa shape index (κ2) is 6.24. The summed E-state index contributed by atoms with van der Waals surface area (Å²) in [6, 6.07) is 3.22. The molecule has 0 aliphatic rings. The lowest BCUT2D eigenvalue weighted by molar-refractivity contribution is 0.0690. The van der Waals surface area contributed by atoms with Crippen LogP contribution in [0.1, 0.15) is 35.2 Å². The second-order valence-electron chi connectivity index (χ2n) is 3.98. The van der Waals surface area contributed by atoms with Crippen molar-refractivity contribution in [3.05, 3.63) is 35.4 Å². The molecule has 2 rings (SSSR count). The minimum absolute atomic E-state index is 0.0462. The van der Waals surface area contributed by atoms with Crippen molar-refractivity contribution >= 4 is 22.6 Å². The summed E-state index contributed by atoms with van der Waals surface area (Å²) in [5.74, 6) is -0.165. The van der Waals surface area contributed by atoms with E-state index in [4.69, 9.17) is 5.11 Å². The van der Waals surface area contributed by atoms with Gasteiger partial charge in [0.1, 0.15) is 11.5 Å². The van der Waals surface area contributed by atoms with E-state index in [1.54, 1.807) is 12.3 Å². The lowest BCUT2D eigenvalue weighted by Gasteiger charge is -2.02. The number of pyridine rings is 1. The highest BCUT2D eigenvalue weighted by Gasteiger charge is 2.05. The van der Waals surface area contributed by atoms with Crippen molar-refractivity contribution in [3.63, 3.8) is 0 Å². The van der Waals surface area contributed by atoms with Crippen molar-refractivity contribution in [2.24, 2.45) is 0 Å². The molecule has 0 amide bonds. The number of anilines is 1. The third kappa shape index (κ3) is 3.72. The number of hydrogen-bond acceptors (Lipinski definition) is 6. The Kier molecular flexibility index (Phi) is 4.40. The third-order valence-electron chi connectivity index (χ3n) is 2.43. The summed E-state index contributed by atoms with van der Waals surface area (Å²) in [7, 11) is 0. The van der Waals surface area contributed by atoms with Gasteiger partial charge in [-0.15, -0.1) is 0 Å². The van der Waals surface area contributed by atoms with Crippen molar-refractivity contribution in [1.82, 2.24) is 14.3 Å². The van der Waals surface area contributed by atoms with Gasteiger partial charge in [0.25, 0.3) is 0 Å². The van der Waals surface area contributed by atoms with Crippen LogP contribution in [0.3, 0.4) is 0 Å². The van der Waals surface area contributed by atoms with E-state index in [9.17, 15) is 4.79 Å². The van der Waals surface area contributed by atoms with Gasteiger partial charge in [0.2, 0.25) is 5.13 Å². The Morgan fingerprint density at radius 1 is 1.47 bits per heavy atom. The largest absolute Gasteiger partial charge is 0.477 e. The molecule has 0 spiro atoms. The van der Waals surface area contributed by atoms with Gasteiger partial charge in [0.05, 0.1) is 0 Å². The van der Waals surface area contributed by atoms with Crippen molar-refractivity contribution in [2.45, 2.75) is 26.3 Å². The molecule has 2 N–H and O–H groups in total. The molecule has 0 aliphatic heterocycles. The number of rotatable bonds is 6. The number of carboxylic acids is 1. The first-order chi connectivity index (χ1) is 9.19. The second-order valence-corrected chi connectivity index (χ2v) is 4.73. The third-order valence-corrected chi connectivity index (χ3v) is 3.14. The van der Waals surface area contributed by atoms with Crippen molar-refractivity contribution < 1.29 is 9.90 Å². The first-order valence-electron chi connectivity index (χ1n) is 5.93. The summed E-state index contributed by atoms with van der Waals surface area (Å²) in [5, 5.41) is 12.7. The predicted octanol–water partition coefficient (Wildman–Crippen LogP) is 2.20. The molecule has 0 fully saturated rings. The van der Waals surface area contributed by atoms with Crippen LogP contribution in [0.15, 0.2) is 18.3 Å². The number of carbonyl (C=O) groups is 1. The highest BCUT2D eigenvalue weighted by atomic mass is 32.1. The van der Waals surface area contributed by atoms with Crippen LogP contribution in [0, 0.1) is 0 Å². The number of nitrogens with one attached hydrogen (secondary N) is 1. The zero-order chi connectivity index (χ0) is 13.7. The highest BCUT2D eigenvalue weighted by molar-refractivity contribution is 7.09. The number of aryl methyl sites for hydroxylation is 1. The van der Waals surface area contributed by atoms with Gasteiger partial charge in [-0.3, -0.25) is 0 Å². The SMILES string of the molecule is CCCc1nsc(NCc2ccc(C(=O)O)nc2)n1. The minimum atomic E-state index is -1.02. The molecule has 7 heteroatoms. The van der Waals surface area contributed by atoms with Crippen LogP contribution >= 0.6 is 11.5 Å². The molecule has 0 saturated heterocycles. The average molecular weight is 278 g/mol. The van der Waals surface area contributed by atoms with Crippen molar-refractivity contribution in [1.29, 1.82) is 0 Å². The summed E-state index contributed by atoms with van der Waals surface area (Å²) < 4.78 is 4.23. The number of aromatic carboxylic acids is 1. The molecule has 0 radical (unpaired) electrons. The van der Waals surface area contributed by atoms with Gasteiger partial charge in [-0.25, -0.2) is 14.8 Å². The molecular formula is C12H14N4O2S. The van der Waals surface area contributed by atoms with Crippen LogP contribution in [0.2, 0.25) is 0 Å². The molecule has 0 atom stereocenters. The fraction of sp³-hybridized carbons (Fsp3) is 0.333. The van der Waals surface area contributed by atoms with E-state index in [0.29, 0.717) is 6.54 Å². The Morgan fingerprint density at radius 3 is 2.95 bits per heavy atom. The number of nitrogens with zero attached hydrogens (tertiary/aromatic N) is 3. The zero-order valence-electron chi connectivity index (χ0n) is 10.5. The van der Waals surface area contributed by atoms with E-state index in [0.717, 1.165) is 29.4 Å². The molecular weight excluding hydrogens is 264 g/mol. The number of carboxylic acid groups (broad SMARTS) is 1. The Hall–Kier alpha value is -2.02. The normalized spacial score (nSPS) is 10.4. The van der Waals surface area contributed by atoms with E-state index in [-0.39, 0.29) is 5.69 Å². The molecule has 19 heavy (non-hydrogen) atoms. The first kappa shape index (κ1) is 13.4. The predicted molar refractivity (Wildman–Crippen MR) is 72.4 cm³/mol. The minimum Gasteiger partial charge on any atom is -0.477 e. The van der Waals surface area contributed by atoms with Crippen molar-refractivity contribution in [3.8, 4) is 0 Å². The van der Waals surface area contributed by atoms with Crippen LogP contribution in [0.4, 0.5) is 5.13 Å². The standard InChI is InChI=1S/C12H14N4O2S/c1-2-3-10-15-12(19-16-10)14-7-8-4-5-9(11(17)18)13-6-8/h4-6H,2-3,7H2,1H3,(H,17,18)(H,14,15,16). The Labute approximate surface area is 114 Å². The lowest BCUT2D eigenvalue weighted by atomic mass is 10.2. The van der Waals surface area contributed by atoms with Crippen LogP contribution in [0.5, 0.6) is 0 Å². The van der Waals surface area contributed by atoms with Crippen molar-refractivity contribution in [2.75, 3.05) is 5.32 Å². The lowest BCUT2D eigenvalue weighted by Crippen LogP contribution is -2.03. The summed E-state index contributed by atoms with van der Waals surface area (Å²) in [5.41, 5.74) is 0.946. The summed E-state index contributed by atoms with van der Waals surface area (Å²) in [6.45, 7) is 2.64. The van der Waals surface area contributed by atoms with Gasteiger partial charge in [0, 0.05) is 30.7 Å². The Balaban J connectivity index is 1.92. The summed E-state index contributed by atoms with van der Waals surface area (Å²) in [6.07, 6.45) is 3.45. The van der Waals surface area contributed by atoms with Crippen LogP contribution < -0.4 is 5.32 Å². The molecule has 0 aliphatic carbocycles. The first-order valence-corrected chi connectivity index (χ1v) is 6.71. The zero-order valence-corrected chi connectivity index (χ0v) is 11.3. The van der Waals surface area contributed by atoms with Gasteiger partial charge >= 0.3 is 5.97 Å². The van der Waals surface area contributed by atoms with E-state index < -0.39 is 5.97 Å². The Morgan fingerprint density at radius 2 is 2.32 bits per heavy atom. The number of aromatic nitrogens is 3. The van der Waals surface area contributed by atoms with E-state index in [1.165, 1.54) is 17.6 Å². The van der Waals surface area contributed by atoms with Crippen LogP contribution in [-0.4, -0.2) is 25.4 Å². The molecule has 0 bridgehead atoms. The van der Waals surface area contributed by atoms with Gasteiger partial charge in [-0.2, -0.15) is 4.37 Å². The maximum Gasteiger partial charge on any atom is 0.354 e. The molecule has 0 aromatic carbocycles. The molecule has 2 aromatic rings. The number of hydrogen-bond donors (Lipinski definition) is 2. The molecule has 100 valence electrons. The smallest absolute Gasteiger partial charge is 0.354 e. The fourth-order valence-corrected chi connectivity index (χ4v) is 2.09. The Bertz CT molecular complexity index is 553. The molecule has 2 aromatic heterocycles. The quantitative estimate of drug-likeness (QED) is 0.842. The average Bonchev–Trinajstić information content (AvgIpc) is 2.85. The van der Waals surface area contributed by atoms with E-state index >= 15 is 0 Å². The monoisotopic (exact) mass is 278 g/mol. The van der Waals surface area contributed by atoms with Crippen LogP contribution in [-0.2, 0) is 13.0 Å².